The molecule has 1 unspecified atom stereocenters. The number of hydrogen-bond donors (Lipinski definition) is 1. The van der Waals surface area contributed by atoms with E-state index in [2.05, 4.69) is 10.4 Å². The fourth-order valence-corrected chi connectivity index (χ4v) is 2.17. The van der Waals surface area contributed by atoms with Gasteiger partial charge in [-0.15, -0.1) is 11.3 Å². The van der Waals surface area contributed by atoms with Gasteiger partial charge in [0.1, 0.15) is 6.54 Å². The van der Waals surface area contributed by atoms with Gasteiger partial charge >= 0.3 is 0 Å². The average molecular weight is 235 g/mol. The first-order chi connectivity index (χ1) is 7.75. The Morgan fingerprint density at radius 1 is 1.62 bits per heavy atom. The van der Waals surface area contributed by atoms with Crippen LogP contribution in [0.15, 0.2) is 36.0 Å². The molecule has 0 saturated carbocycles. The standard InChI is InChI=1S/C11H13N3OS/c1-9(10-4-2-7-16-10)13-11(15)8-14-6-3-5-12-14/h2-7,9H,8H2,1H3,(H,13,15). The smallest absolute Gasteiger partial charge is 0.242 e. The van der Waals surface area contributed by atoms with Crippen molar-refractivity contribution < 1.29 is 4.79 Å². The van der Waals surface area contributed by atoms with Crippen molar-refractivity contribution >= 4 is 17.2 Å². The maximum atomic E-state index is 11.6. The molecule has 2 heterocycles. The Bertz CT molecular complexity index is 436. The van der Waals surface area contributed by atoms with Crippen molar-refractivity contribution in [2.45, 2.75) is 19.5 Å². The second kappa shape index (κ2) is 4.94. The minimum absolute atomic E-state index is 0.0235. The molecular formula is C11H13N3OS. The fraction of sp³-hybridized carbons (Fsp3) is 0.273. The Hall–Kier alpha value is -1.62. The highest BCUT2D eigenvalue weighted by molar-refractivity contribution is 7.10. The van der Waals surface area contributed by atoms with Crippen LogP contribution in [0, 0.1) is 0 Å². The molecule has 0 radical (unpaired) electrons. The second-order valence-electron chi connectivity index (χ2n) is 3.51. The molecule has 1 N–H and O–H groups in total. The monoisotopic (exact) mass is 235 g/mol. The summed E-state index contributed by atoms with van der Waals surface area (Å²) in [5, 5.41) is 8.92. The molecule has 0 bridgehead atoms. The molecule has 1 amide bonds. The number of nitrogens with zero attached hydrogens (tertiary/aromatic N) is 2. The Labute approximate surface area is 97.9 Å². The van der Waals surface area contributed by atoms with Gasteiger partial charge in [0, 0.05) is 17.3 Å². The lowest BCUT2D eigenvalue weighted by Gasteiger charge is -2.11. The van der Waals surface area contributed by atoms with E-state index in [0.717, 1.165) is 4.88 Å². The summed E-state index contributed by atoms with van der Waals surface area (Å²) < 4.78 is 1.61. The summed E-state index contributed by atoms with van der Waals surface area (Å²) in [7, 11) is 0. The van der Waals surface area contributed by atoms with E-state index >= 15 is 0 Å². The number of nitrogens with one attached hydrogen (secondary N) is 1. The normalized spacial score (nSPS) is 12.3. The summed E-state index contributed by atoms with van der Waals surface area (Å²) in [5.41, 5.74) is 0. The molecule has 4 nitrogen and oxygen atoms in total. The summed E-state index contributed by atoms with van der Waals surface area (Å²) in [6.45, 7) is 2.25. The lowest BCUT2D eigenvalue weighted by molar-refractivity contribution is -0.122. The number of aromatic nitrogens is 2. The molecule has 16 heavy (non-hydrogen) atoms. The number of amides is 1. The van der Waals surface area contributed by atoms with E-state index in [4.69, 9.17) is 0 Å². The Kier molecular flexibility index (Phi) is 3.36. The van der Waals surface area contributed by atoms with Crippen LogP contribution in [0.4, 0.5) is 0 Å². The van der Waals surface area contributed by atoms with Crippen LogP contribution in [-0.4, -0.2) is 15.7 Å². The van der Waals surface area contributed by atoms with Crippen molar-refractivity contribution in [3.05, 3.63) is 40.8 Å². The van der Waals surface area contributed by atoms with Gasteiger partial charge in [0.05, 0.1) is 6.04 Å². The lowest BCUT2D eigenvalue weighted by Crippen LogP contribution is -2.29. The van der Waals surface area contributed by atoms with Crippen LogP contribution in [0.1, 0.15) is 17.8 Å². The van der Waals surface area contributed by atoms with Gasteiger partial charge in [-0.1, -0.05) is 6.07 Å². The molecule has 0 aromatic carbocycles. The molecule has 2 aromatic heterocycles. The van der Waals surface area contributed by atoms with Gasteiger partial charge in [-0.3, -0.25) is 9.48 Å². The van der Waals surface area contributed by atoms with Crippen LogP contribution >= 0.6 is 11.3 Å². The minimum atomic E-state index is -0.0235. The van der Waals surface area contributed by atoms with E-state index in [9.17, 15) is 4.79 Å². The van der Waals surface area contributed by atoms with Crippen LogP contribution in [0.5, 0.6) is 0 Å². The molecule has 1 atom stereocenters. The summed E-state index contributed by atoms with van der Waals surface area (Å²) in [5.74, 6) is -0.0235. The third kappa shape index (κ3) is 2.70. The molecule has 0 aliphatic heterocycles. The maximum absolute atomic E-state index is 11.6. The van der Waals surface area contributed by atoms with Gasteiger partial charge in [0.15, 0.2) is 0 Å². The number of carbonyl (C=O) groups excluding carboxylic acids is 1. The van der Waals surface area contributed by atoms with E-state index in [1.54, 1.807) is 34.5 Å². The van der Waals surface area contributed by atoms with E-state index in [0.29, 0.717) is 0 Å². The van der Waals surface area contributed by atoms with Crippen LogP contribution in [0.25, 0.3) is 0 Å². The van der Waals surface area contributed by atoms with Gasteiger partial charge < -0.3 is 5.32 Å². The average Bonchev–Trinajstić information content (AvgIpc) is 2.88. The lowest BCUT2D eigenvalue weighted by atomic mass is 10.3. The third-order valence-corrected chi connectivity index (χ3v) is 3.27. The van der Waals surface area contributed by atoms with E-state index < -0.39 is 0 Å². The van der Waals surface area contributed by atoms with Crippen molar-refractivity contribution in [2.75, 3.05) is 0 Å². The second-order valence-corrected chi connectivity index (χ2v) is 4.49. The van der Waals surface area contributed by atoms with Gasteiger partial charge in [0.25, 0.3) is 0 Å². The summed E-state index contributed by atoms with van der Waals surface area (Å²) in [4.78, 5) is 12.8. The molecule has 2 aromatic rings. The molecular weight excluding hydrogens is 222 g/mol. The highest BCUT2D eigenvalue weighted by Crippen LogP contribution is 2.17. The van der Waals surface area contributed by atoms with Crippen molar-refractivity contribution in [3.8, 4) is 0 Å². The van der Waals surface area contributed by atoms with Crippen molar-refractivity contribution in [1.82, 2.24) is 15.1 Å². The molecule has 0 saturated heterocycles. The Morgan fingerprint density at radius 2 is 2.50 bits per heavy atom. The van der Waals surface area contributed by atoms with Gasteiger partial charge in [-0.25, -0.2) is 0 Å². The highest BCUT2D eigenvalue weighted by Gasteiger charge is 2.10. The SMILES string of the molecule is CC(NC(=O)Cn1cccn1)c1cccs1. The summed E-state index contributed by atoms with van der Waals surface area (Å²) in [6, 6.07) is 5.86. The first-order valence-corrected chi connectivity index (χ1v) is 5.94. The maximum Gasteiger partial charge on any atom is 0.242 e. The van der Waals surface area contributed by atoms with Crippen molar-refractivity contribution in [2.24, 2.45) is 0 Å². The first-order valence-electron chi connectivity index (χ1n) is 5.06. The molecule has 0 aliphatic rings. The van der Waals surface area contributed by atoms with Crippen LogP contribution < -0.4 is 5.32 Å². The quantitative estimate of drug-likeness (QED) is 0.878. The topological polar surface area (TPSA) is 46.9 Å². The van der Waals surface area contributed by atoms with Crippen LogP contribution in [-0.2, 0) is 11.3 Å². The van der Waals surface area contributed by atoms with Crippen LogP contribution in [0.3, 0.4) is 0 Å². The number of carbonyl (C=O) groups is 1. The summed E-state index contributed by atoms with van der Waals surface area (Å²) >= 11 is 1.64. The van der Waals surface area contributed by atoms with E-state index in [1.165, 1.54) is 0 Å². The predicted molar refractivity (Wildman–Crippen MR) is 63.1 cm³/mol. The molecule has 0 aliphatic carbocycles. The Balaban J connectivity index is 1.88. The van der Waals surface area contributed by atoms with Gasteiger partial charge in [0.2, 0.25) is 5.91 Å². The number of thiophene rings is 1. The number of rotatable bonds is 4. The van der Waals surface area contributed by atoms with E-state index in [1.807, 2.05) is 24.4 Å². The summed E-state index contributed by atoms with van der Waals surface area (Å²) in [6.07, 6.45) is 3.44. The zero-order valence-electron chi connectivity index (χ0n) is 8.96. The first kappa shape index (κ1) is 10.9. The minimum Gasteiger partial charge on any atom is -0.347 e. The number of hydrogen-bond acceptors (Lipinski definition) is 3. The molecule has 84 valence electrons. The highest BCUT2D eigenvalue weighted by atomic mass is 32.1. The molecule has 5 heteroatoms. The molecule has 2 rings (SSSR count). The Morgan fingerprint density at radius 3 is 3.12 bits per heavy atom. The largest absolute Gasteiger partial charge is 0.347 e. The molecule has 0 spiro atoms. The zero-order valence-corrected chi connectivity index (χ0v) is 9.78. The van der Waals surface area contributed by atoms with E-state index in [-0.39, 0.29) is 18.5 Å². The van der Waals surface area contributed by atoms with Gasteiger partial charge in [-0.2, -0.15) is 5.10 Å². The zero-order chi connectivity index (χ0) is 11.4. The third-order valence-electron chi connectivity index (χ3n) is 2.21. The predicted octanol–water partition coefficient (Wildman–Crippen LogP) is 1.82. The van der Waals surface area contributed by atoms with Crippen LogP contribution in [0.2, 0.25) is 0 Å². The fourth-order valence-electron chi connectivity index (χ4n) is 1.44. The van der Waals surface area contributed by atoms with Crippen molar-refractivity contribution in [1.29, 1.82) is 0 Å². The molecule has 0 fully saturated rings. The van der Waals surface area contributed by atoms with Crippen molar-refractivity contribution in [3.63, 3.8) is 0 Å². The van der Waals surface area contributed by atoms with Gasteiger partial charge in [-0.05, 0) is 24.4 Å².